The van der Waals surface area contributed by atoms with Gasteiger partial charge in [0.2, 0.25) is 0 Å². The van der Waals surface area contributed by atoms with Crippen LogP contribution in [0.4, 0.5) is 4.79 Å². The Morgan fingerprint density at radius 3 is 2.44 bits per heavy atom. The zero-order valence-electron chi connectivity index (χ0n) is 10.4. The van der Waals surface area contributed by atoms with Crippen LogP contribution in [0, 0.1) is 5.41 Å². The highest BCUT2D eigenvalue weighted by atomic mass is 16.3. The van der Waals surface area contributed by atoms with Gasteiger partial charge in [-0.3, -0.25) is 0 Å². The van der Waals surface area contributed by atoms with E-state index in [1.165, 1.54) is 6.42 Å². The van der Waals surface area contributed by atoms with E-state index in [-0.39, 0.29) is 24.1 Å². The van der Waals surface area contributed by atoms with Gasteiger partial charge in [-0.15, -0.1) is 0 Å². The van der Waals surface area contributed by atoms with Crippen LogP contribution in [0.1, 0.15) is 46.0 Å². The summed E-state index contributed by atoms with van der Waals surface area (Å²) in [5.74, 6) is 0. The number of nitrogens with one attached hydrogen (secondary N) is 2. The van der Waals surface area contributed by atoms with Crippen molar-refractivity contribution in [1.29, 1.82) is 0 Å². The lowest BCUT2D eigenvalue weighted by Crippen LogP contribution is -2.46. The summed E-state index contributed by atoms with van der Waals surface area (Å²) in [6.07, 6.45) is 5.61. The van der Waals surface area contributed by atoms with E-state index in [1.807, 2.05) is 13.8 Å². The zero-order chi connectivity index (χ0) is 12.0. The quantitative estimate of drug-likeness (QED) is 0.685. The Balaban J connectivity index is 2.35. The van der Waals surface area contributed by atoms with Crippen LogP contribution < -0.4 is 10.6 Å². The Morgan fingerprint density at radius 2 is 1.94 bits per heavy atom. The predicted molar refractivity (Wildman–Crippen MR) is 64.3 cm³/mol. The number of hydrogen-bond acceptors (Lipinski definition) is 2. The Bertz CT molecular complexity index is 223. The van der Waals surface area contributed by atoms with Gasteiger partial charge in [0.05, 0.1) is 6.61 Å². The van der Waals surface area contributed by atoms with Crippen molar-refractivity contribution in [1.82, 2.24) is 10.6 Å². The van der Waals surface area contributed by atoms with Gasteiger partial charge in [-0.1, -0.05) is 19.3 Å². The fraction of sp³-hybridized carbons (Fsp3) is 0.917. The first-order valence-corrected chi connectivity index (χ1v) is 6.23. The summed E-state index contributed by atoms with van der Waals surface area (Å²) < 4.78 is 0. The molecule has 4 nitrogen and oxygen atoms in total. The number of hydrogen-bond donors (Lipinski definition) is 3. The molecule has 0 atom stereocenters. The summed E-state index contributed by atoms with van der Waals surface area (Å²) in [6, 6.07) is 0.0184. The monoisotopic (exact) mass is 228 g/mol. The zero-order valence-corrected chi connectivity index (χ0v) is 10.4. The standard InChI is InChI=1S/C12H24N2O2/c1-10(2)14-11(16)13-8-12(9-15)6-4-3-5-7-12/h10,15H,3-9H2,1-2H3,(H2,13,14,16). The Hall–Kier alpha value is -0.770. The van der Waals surface area contributed by atoms with E-state index in [0.717, 1.165) is 25.7 Å². The van der Waals surface area contributed by atoms with Crippen LogP contribution in [0.25, 0.3) is 0 Å². The van der Waals surface area contributed by atoms with Gasteiger partial charge in [0.25, 0.3) is 0 Å². The number of carbonyl (C=O) groups is 1. The maximum absolute atomic E-state index is 11.5. The molecule has 1 saturated carbocycles. The highest BCUT2D eigenvalue weighted by Gasteiger charge is 2.31. The summed E-state index contributed by atoms with van der Waals surface area (Å²) in [6.45, 7) is 4.63. The van der Waals surface area contributed by atoms with Crippen LogP contribution in [0.2, 0.25) is 0 Å². The lowest BCUT2D eigenvalue weighted by atomic mass is 9.74. The normalized spacial score (nSPS) is 19.5. The molecule has 0 bridgehead atoms. The number of urea groups is 1. The molecule has 0 saturated heterocycles. The van der Waals surface area contributed by atoms with Gasteiger partial charge in [-0.05, 0) is 26.7 Å². The third-order valence-corrected chi connectivity index (χ3v) is 3.29. The molecule has 0 aromatic heterocycles. The SMILES string of the molecule is CC(C)NC(=O)NCC1(CO)CCCCC1. The van der Waals surface area contributed by atoms with Crippen molar-refractivity contribution in [3.63, 3.8) is 0 Å². The van der Waals surface area contributed by atoms with Gasteiger partial charge < -0.3 is 15.7 Å². The van der Waals surface area contributed by atoms with Crippen molar-refractivity contribution >= 4 is 6.03 Å². The minimum absolute atomic E-state index is 0.0768. The second-order valence-electron chi connectivity index (χ2n) is 5.20. The molecule has 1 aliphatic carbocycles. The van der Waals surface area contributed by atoms with Gasteiger partial charge in [0, 0.05) is 18.0 Å². The molecule has 0 heterocycles. The molecule has 3 N–H and O–H groups in total. The van der Waals surface area contributed by atoms with Gasteiger partial charge in [0.15, 0.2) is 0 Å². The fourth-order valence-corrected chi connectivity index (χ4v) is 2.27. The molecule has 0 radical (unpaired) electrons. The number of aliphatic hydroxyl groups excluding tert-OH is 1. The van der Waals surface area contributed by atoms with Gasteiger partial charge >= 0.3 is 6.03 Å². The van der Waals surface area contributed by atoms with Gasteiger partial charge in [0.1, 0.15) is 0 Å². The van der Waals surface area contributed by atoms with Crippen LogP contribution in [0.3, 0.4) is 0 Å². The Labute approximate surface area is 97.8 Å². The smallest absolute Gasteiger partial charge is 0.315 e. The molecule has 1 fully saturated rings. The molecule has 94 valence electrons. The first-order valence-electron chi connectivity index (χ1n) is 6.23. The largest absolute Gasteiger partial charge is 0.396 e. The van der Waals surface area contributed by atoms with E-state index in [2.05, 4.69) is 10.6 Å². The molecule has 0 aliphatic heterocycles. The molecule has 0 unspecified atom stereocenters. The molecular formula is C12H24N2O2. The molecular weight excluding hydrogens is 204 g/mol. The third kappa shape index (κ3) is 4.00. The molecule has 1 aliphatic rings. The summed E-state index contributed by atoms with van der Waals surface area (Å²) in [5.41, 5.74) is -0.0768. The van der Waals surface area contributed by atoms with Gasteiger partial charge in [-0.25, -0.2) is 4.79 Å². The average molecular weight is 228 g/mol. The summed E-state index contributed by atoms with van der Waals surface area (Å²) in [4.78, 5) is 11.5. The number of rotatable bonds is 4. The summed E-state index contributed by atoms with van der Waals surface area (Å²) in [5, 5.41) is 15.1. The molecule has 2 amide bonds. The maximum atomic E-state index is 11.5. The fourth-order valence-electron chi connectivity index (χ4n) is 2.27. The number of carbonyl (C=O) groups excluding carboxylic acids is 1. The maximum Gasteiger partial charge on any atom is 0.315 e. The molecule has 1 rings (SSSR count). The molecule has 16 heavy (non-hydrogen) atoms. The van der Waals surface area contributed by atoms with E-state index in [0.29, 0.717) is 6.54 Å². The minimum Gasteiger partial charge on any atom is -0.396 e. The van der Waals surface area contributed by atoms with Crippen molar-refractivity contribution < 1.29 is 9.90 Å². The van der Waals surface area contributed by atoms with Crippen LogP contribution >= 0.6 is 0 Å². The first-order chi connectivity index (χ1) is 7.58. The van der Waals surface area contributed by atoms with Crippen LogP contribution in [-0.2, 0) is 0 Å². The van der Waals surface area contributed by atoms with Crippen molar-refractivity contribution in [2.45, 2.75) is 52.0 Å². The van der Waals surface area contributed by atoms with Crippen molar-refractivity contribution in [3.8, 4) is 0 Å². The van der Waals surface area contributed by atoms with Crippen molar-refractivity contribution in [2.24, 2.45) is 5.41 Å². The predicted octanol–water partition coefficient (Wildman–Crippen LogP) is 1.64. The molecule has 0 spiro atoms. The second-order valence-corrected chi connectivity index (χ2v) is 5.20. The summed E-state index contributed by atoms with van der Waals surface area (Å²) in [7, 11) is 0. The van der Waals surface area contributed by atoms with E-state index >= 15 is 0 Å². The van der Waals surface area contributed by atoms with E-state index in [4.69, 9.17) is 0 Å². The van der Waals surface area contributed by atoms with Crippen LogP contribution in [-0.4, -0.2) is 30.3 Å². The Morgan fingerprint density at radius 1 is 1.31 bits per heavy atom. The summed E-state index contributed by atoms with van der Waals surface area (Å²) >= 11 is 0. The van der Waals surface area contributed by atoms with E-state index < -0.39 is 0 Å². The molecule has 0 aromatic rings. The molecule has 4 heteroatoms. The van der Waals surface area contributed by atoms with E-state index in [9.17, 15) is 9.90 Å². The Kier molecular flexibility index (Phi) is 5.06. The lowest BCUT2D eigenvalue weighted by molar-refractivity contribution is 0.0834. The average Bonchev–Trinajstić information content (AvgIpc) is 2.27. The highest BCUT2D eigenvalue weighted by molar-refractivity contribution is 5.74. The van der Waals surface area contributed by atoms with Crippen LogP contribution in [0.5, 0.6) is 0 Å². The van der Waals surface area contributed by atoms with Gasteiger partial charge in [-0.2, -0.15) is 0 Å². The molecule has 0 aromatic carbocycles. The minimum atomic E-state index is -0.131. The highest BCUT2D eigenvalue weighted by Crippen LogP contribution is 2.35. The van der Waals surface area contributed by atoms with Crippen molar-refractivity contribution in [3.05, 3.63) is 0 Å². The van der Waals surface area contributed by atoms with Crippen molar-refractivity contribution in [2.75, 3.05) is 13.2 Å². The third-order valence-electron chi connectivity index (χ3n) is 3.29. The lowest BCUT2D eigenvalue weighted by Gasteiger charge is -2.35. The first kappa shape index (κ1) is 13.3. The van der Waals surface area contributed by atoms with Crippen LogP contribution in [0.15, 0.2) is 0 Å². The topological polar surface area (TPSA) is 61.4 Å². The number of amides is 2. The second kappa shape index (κ2) is 6.09. The van der Waals surface area contributed by atoms with E-state index in [1.54, 1.807) is 0 Å². The number of aliphatic hydroxyl groups is 1.